The summed E-state index contributed by atoms with van der Waals surface area (Å²) in [5.41, 5.74) is 0. The van der Waals surface area contributed by atoms with Gasteiger partial charge in [-0.3, -0.25) is 0 Å². The van der Waals surface area contributed by atoms with Gasteiger partial charge in [-0.2, -0.15) is 0 Å². The van der Waals surface area contributed by atoms with Crippen LogP contribution in [0.15, 0.2) is 0 Å². The summed E-state index contributed by atoms with van der Waals surface area (Å²) in [7, 11) is 0. The predicted molar refractivity (Wildman–Crippen MR) is 40.6 cm³/mol. The van der Waals surface area contributed by atoms with Crippen molar-refractivity contribution < 1.29 is 0 Å². The quantitative estimate of drug-likeness (QED) is 0.492. The SMILES string of the molecule is S=[PH]1SCCS1. The molecule has 1 saturated heterocycles. The highest BCUT2D eigenvalue weighted by atomic mass is 33.2. The Balaban J connectivity index is 2.37. The van der Waals surface area contributed by atoms with Crippen molar-refractivity contribution in [1.29, 1.82) is 0 Å². The highest BCUT2D eigenvalue weighted by Crippen LogP contribution is 2.56. The van der Waals surface area contributed by atoms with Crippen molar-refractivity contribution in [2.24, 2.45) is 0 Å². The smallest absolute Gasteiger partial charge is 0.0452 e. The average Bonchev–Trinajstić information content (AvgIpc) is 1.86. The number of rotatable bonds is 0. The van der Waals surface area contributed by atoms with E-state index < -0.39 is 0 Å². The van der Waals surface area contributed by atoms with Crippen molar-refractivity contribution >= 4 is 39.7 Å². The Morgan fingerprint density at radius 3 is 2.00 bits per heavy atom. The minimum absolute atomic E-state index is 0.341. The molecule has 0 bridgehead atoms. The highest BCUT2D eigenvalue weighted by molar-refractivity contribution is 8.95. The number of hydrogen-bond donors (Lipinski definition) is 0. The lowest BCUT2D eigenvalue weighted by Crippen LogP contribution is -1.64. The van der Waals surface area contributed by atoms with E-state index in [1.807, 2.05) is 22.8 Å². The predicted octanol–water partition coefficient (Wildman–Crippen LogP) is 1.97. The molecule has 0 amide bonds. The molecule has 4 heteroatoms. The van der Waals surface area contributed by atoms with Crippen molar-refractivity contribution in [2.75, 3.05) is 11.5 Å². The Morgan fingerprint density at radius 1 is 1.33 bits per heavy atom. The van der Waals surface area contributed by atoms with E-state index in [2.05, 4.69) is 0 Å². The van der Waals surface area contributed by atoms with Crippen LogP contribution in [0.4, 0.5) is 0 Å². The monoisotopic (exact) mass is 156 g/mol. The van der Waals surface area contributed by atoms with Crippen LogP contribution in [0.5, 0.6) is 0 Å². The van der Waals surface area contributed by atoms with E-state index in [0.717, 1.165) is 0 Å². The van der Waals surface area contributed by atoms with Gasteiger partial charge in [-0.05, 0) is 0 Å². The van der Waals surface area contributed by atoms with Crippen LogP contribution in [0.3, 0.4) is 0 Å². The Hall–Kier alpha value is 1.35. The lowest BCUT2D eigenvalue weighted by atomic mass is 11.0. The molecule has 0 aromatic carbocycles. The van der Waals surface area contributed by atoms with Crippen molar-refractivity contribution in [3.63, 3.8) is 0 Å². The highest BCUT2D eigenvalue weighted by Gasteiger charge is 2.02. The Bertz CT molecular complexity index is 63.2. The van der Waals surface area contributed by atoms with E-state index in [-0.39, 0.29) is 5.10 Å². The van der Waals surface area contributed by atoms with Crippen LogP contribution in [0.1, 0.15) is 0 Å². The van der Waals surface area contributed by atoms with Crippen molar-refractivity contribution in [3.8, 4) is 0 Å². The second-order valence-electron chi connectivity index (χ2n) is 0.947. The van der Waals surface area contributed by atoms with Crippen LogP contribution in [0.2, 0.25) is 0 Å². The maximum atomic E-state index is 5.03. The first kappa shape index (κ1) is 5.49. The molecule has 0 spiro atoms. The summed E-state index contributed by atoms with van der Waals surface area (Å²) < 4.78 is 0. The van der Waals surface area contributed by atoms with Gasteiger partial charge in [0.05, 0.1) is 0 Å². The molecule has 1 rings (SSSR count). The zero-order valence-corrected chi connectivity index (χ0v) is 6.59. The molecule has 6 heavy (non-hydrogen) atoms. The summed E-state index contributed by atoms with van der Waals surface area (Å²) in [5.74, 6) is 2.62. The first-order chi connectivity index (χ1) is 2.89. The van der Waals surface area contributed by atoms with Crippen LogP contribution in [-0.4, -0.2) is 11.5 Å². The van der Waals surface area contributed by atoms with E-state index in [1.54, 1.807) is 0 Å². The largest absolute Gasteiger partial charge is 0.116 e. The standard InChI is InChI=1S/C2H5PS3/c4-3-5-1-2-6-3/h3H,1-2H2. The second kappa shape index (κ2) is 2.61. The van der Waals surface area contributed by atoms with Gasteiger partial charge in [0.25, 0.3) is 0 Å². The molecule has 0 atom stereocenters. The van der Waals surface area contributed by atoms with E-state index in [0.29, 0.717) is 0 Å². The summed E-state index contributed by atoms with van der Waals surface area (Å²) in [6.45, 7) is 0. The first-order valence-electron chi connectivity index (χ1n) is 1.69. The third-order valence-corrected chi connectivity index (χ3v) is 8.95. The maximum absolute atomic E-state index is 5.03. The van der Waals surface area contributed by atoms with Crippen molar-refractivity contribution in [2.45, 2.75) is 0 Å². The van der Waals surface area contributed by atoms with Gasteiger partial charge in [-0.25, -0.2) is 0 Å². The molecule has 1 aliphatic rings. The molecule has 0 saturated carbocycles. The molecule has 0 aliphatic carbocycles. The summed E-state index contributed by atoms with van der Waals surface area (Å²) in [6.07, 6.45) is 0. The Morgan fingerprint density at radius 2 is 1.83 bits per heavy atom. The average molecular weight is 156 g/mol. The molecule has 0 radical (unpaired) electrons. The molecule has 0 unspecified atom stereocenters. The molecule has 0 aromatic heterocycles. The third-order valence-electron chi connectivity index (χ3n) is 0.523. The fourth-order valence-corrected chi connectivity index (χ4v) is 7.87. The molecule has 1 aliphatic heterocycles. The fraction of sp³-hybridized carbons (Fsp3) is 1.00. The second-order valence-corrected chi connectivity index (χ2v) is 10.6. The van der Waals surface area contributed by atoms with Gasteiger partial charge < -0.3 is 0 Å². The molecular weight excluding hydrogens is 151 g/mol. The molecule has 0 N–H and O–H groups in total. The molecule has 1 fully saturated rings. The summed E-state index contributed by atoms with van der Waals surface area (Å²) in [6, 6.07) is 0. The molecule has 36 valence electrons. The van der Waals surface area contributed by atoms with Crippen molar-refractivity contribution in [1.82, 2.24) is 0 Å². The van der Waals surface area contributed by atoms with E-state index in [4.69, 9.17) is 11.8 Å². The van der Waals surface area contributed by atoms with Gasteiger partial charge in [0.2, 0.25) is 0 Å². The van der Waals surface area contributed by atoms with Gasteiger partial charge in [-0.15, -0.1) is 22.8 Å². The van der Waals surface area contributed by atoms with E-state index >= 15 is 0 Å². The van der Waals surface area contributed by atoms with Gasteiger partial charge >= 0.3 is 0 Å². The summed E-state index contributed by atoms with van der Waals surface area (Å²) >= 11 is 8.98. The molecule has 0 aromatic rings. The maximum Gasteiger partial charge on any atom is 0.0452 e. The lowest BCUT2D eigenvalue weighted by molar-refractivity contribution is 1.59. The van der Waals surface area contributed by atoms with Crippen LogP contribution in [0, 0.1) is 0 Å². The zero-order chi connectivity index (χ0) is 4.41. The Labute approximate surface area is 51.4 Å². The zero-order valence-electron chi connectivity index (χ0n) is 3.14. The van der Waals surface area contributed by atoms with Crippen molar-refractivity contribution in [3.05, 3.63) is 0 Å². The number of hydrogen-bond acceptors (Lipinski definition) is 3. The molecule has 0 nitrogen and oxygen atoms in total. The van der Waals surface area contributed by atoms with E-state index in [9.17, 15) is 0 Å². The minimum Gasteiger partial charge on any atom is -0.116 e. The third kappa shape index (κ3) is 1.45. The lowest BCUT2D eigenvalue weighted by Gasteiger charge is -1.78. The van der Waals surface area contributed by atoms with Gasteiger partial charge in [-0.1, -0.05) is 11.8 Å². The first-order valence-corrected chi connectivity index (χ1v) is 7.74. The van der Waals surface area contributed by atoms with Crippen LogP contribution in [0.25, 0.3) is 0 Å². The topological polar surface area (TPSA) is 0 Å². The summed E-state index contributed by atoms with van der Waals surface area (Å²) in [5, 5.41) is -0.341. The van der Waals surface area contributed by atoms with Gasteiger partial charge in [0, 0.05) is 16.6 Å². The molecular formula is C2H5PS3. The van der Waals surface area contributed by atoms with E-state index in [1.165, 1.54) is 11.5 Å². The molecule has 1 heterocycles. The fourth-order valence-electron chi connectivity index (χ4n) is 0.292. The van der Waals surface area contributed by atoms with Gasteiger partial charge in [0.1, 0.15) is 0 Å². The normalized spacial score (nSPS) is 25.3. The van der Waals surface area contributed by atoms with Crippen LogP contribution in [-0.2, 0) is 11.8 Å². The summed E-state index contributed by atoms with van der Waals surface area (Å²) in [4.78, 5) is 0. The van der Waals surface area contributed by atoms with Crippen LogP contribution >= 0.6 is 27.9 Å². The minimum atomic E-state index is -0.341. The Kier molecular flexibility index (Phi) is 2.38. The van der Waals surface area contributed by atoms with Crippen LogP contribution < -0.4 is 0 Å². The van der Waals surface area contributed by atoms with Gasteiger partial charge in [0.15, 0.2) is 0 Å².